The summed E-state index contributed by atoms with van der Waals surface area (Å²) in [5.74, 6) is 2.09. The second-order valence-electron chi connectivity index (χ2n) is 6.60. The fraction of sp³-hybridized carbons (Fsp3) is 0.250. The number of pyridine rings is 1. The number of imidazole rings is 1. The van der Waals surface area contributed by atoms with Gasteiger partial charge in [-0.1, -0.05) is 24.3 Å². The maximum atomic E-state index is 12.4. The van der Waals surface area contributed by atoms with Gasteiger partial charge in [0.25, 0.3) is 5.56 Å². The largest absolute Gasteiger partial charge is 0.354 e. The monoisotopic (exact) mass is 407 g/mol. The van der Waals surface area contributed by atoms with Crippen LogP contribution in [0.4, 0.5) is 5.95 Å². The van der Waals surface area contributed by atoms with Gasteiger partial charge in [0.15, 0.2) is 0 Å². The molecule has 0 aliphatic rings. The standard InChI is InChI=1S/C20H21N7OS/c1-13-18(24-12-23-13)11-29-7-6-22-20-25-19(28)17(26-27-20)8-15-10-21-9-14-4-2-3-5-16(14)15/h2-5,9-10,12H,6-8,11H2,1H3,(H,23,24)(H2,22,25,27,28). The number of rotatable bonds is 8. The van der Waals surface area contributed by atoms with Gasteiger partial charge in [-0.05, 0) is 17.9 Å². The fourth-order valence-corrected chi connectivity index (χ4v) is 3.87. The molecular weight excluding hydrogens is 386 g/mol. The summed E-state index contributed by atoms with van der Waals surface area (Å²) < 4.78 is 0. The van der Waals surface area contributed by atoms with E-state index in [1.807, 2.05) is 37.4 Å². The van der Waals surface area contributed by atoms with Gasteiger partial charge in [-0.25, -0.2) is 4.98 Å². The Morgan fingerprint density at radius 2 is 2.03 bits per heavy atom. The summed E-state index contributed by atoms with van der Waals surface area (Å²) in [6, 6.07) is 7.96. The van der Waals surface area contributed by atoms with Gasteiger partial charge in [0.2, 0.25) is 5.95 Å². The first kappa shape index (κ1) is 19.1. The summed E-state index contributed by atoms with van der Waals surface area (Å²) in [4.78, 5) is 26.8. The van der Waals surface area contributed by atoms with Crippen molar-refractivity contribution >= 4 is 28.5 Å². The lowest BCUT2D eigenvalue weighted by atomic mass is 10.0. The molecule has 3 heterocycles. The minimum atomic E-state index is -0.241. The van der Waals surface area contributed by atoms with Crippen molar-refractivity contribution in [1.82, 2.24) is 30.1 Å². The Kier molecular flexibility index (Phi) is 5.85. The normalized spacial score (nSPS) is 11.1. The van der Waals surface area contributed by atoms with Crippen molar-refractivity contribution < 1.29 is 0 Å². The maximum absolute atomic E-state index is 12.4. The second kappa shape index (κ2) is 8.87. The number of aromatic amines is 2. The van der Waals surface area contributed by atoms with E-state index in [0.29, 0.717) is 24.6 Å². The van der Waals surface area contributed by atoms with Crippen molar-refractivity contribution in [1.29, 1.82) is 0 Å². The third-order valence-corrected chi connectivity index (χ3v) is 5.56. The van der Waals surface area contributed by atoms with Gasteiger partial charge in [-0.15, -0.1) is 10.2 Å². The minimum Gasteiger partial charge on any atom is -0.354 e. The molecule has 8 nitrogen and oxygen atoms in total. The molecule has 9 heteroatoms. The zero-order valence-electron chi connectivity index (χ0n) is 16.0. The van der Waals surface area contributed by atoms with E-state index in [0.717, 1.165) is 39.2 Å². The number of benzene rings is 1. The number of aryl methyl sites for hydroxylation is 1. The molecule has 4 rings (SSSR count). The Morgan fingerprint density at radius 3 is 2.86 bits per heavy atom. The van der Waals surface area contributed by atoms with Crippen LogP contribution in [0.15, 0.2) is 47.8 Å². The molecule has 0 unspecified atom stereocenters. The van der Waals surface area contributed by atoms with Gasteiger partial charge in [-0.2, -0.15) is 11.8 Å². The Morgan fingerprint density at radius 1 is 1.14 bits per heavy atom. The average Bonchev–Trinajstić information content (AvgIpc) is 3.14. The quantitative estimate of drug-likeness (QED) is 0.385. The molecule has 0 saturated heterocycles. The highest BCUT2D eigenvalue weighted by Crippen LogP contribution is 2.18. The molecule has 4 aromatic rings. The lowest BCUT2D eigenvalue weighted by molar-refractivity contribution is 0.864. The molecule has 3 N–H and O–H groups in total. The molecule has 0 radical (unpaired) electrons. The highest BCUT2D eigenvalue weighted by atomic mass is 32.2. The van der Waals surface area contributed by atoms with Gasteiger partial charge in [0.1, 0.15) is 5.69 Å². The van der Waals surface area contributed by atoms with Crippen LogP contribution < -0.4 is 10.9 Å². The maximum Gasteiger partial charge on any atom is 0.274 e. The fourth-order valence-electron chi connectivity index (χ4n) is 3.00. The number of hydrogen-bond acceptors (Lipinski definition) is 7. The molecule has 0 aliphatic carbocycles. The number of fused-ring (bicyclic) bond motifs is 1. The van der Waals surface area contributed by atoms with Crippen molar-refractivity contribution in [2.45, 2.75) is 19.1 Å². The summed E-state index contributed by atoms with van der Waals surface area (Å²) >= 11 is 1.76. The lowest BCUT2D eigenvalue weighted by Gasteiger charge is -2.07. The van der Waals surface area contributed by atoms with E-state index in [4.69, 9.17) is 0 Å². The van der Waals surface area contributed by atoms with Gasteiger partial charge in [0, 0.05) is 47.9 Å². The lowest BCUT2D eigenvalue weighted by Crippen LogP contribution is -2.20. The van der Waals surface area contributed by atoms with E-state index in [1.165, 1.54) is 0 Å². The van der Waals surface area contributed by atoms with E-state index in [9.17, 15) is 4.79 Å². The summed E-state index contributed by atoms with van der Waals surface area (Å²) in [6.07, 6.45) is 5.68. The van der Waals surface area contributed by atoms with E-state index >= 15 is 0 Å². The first-order chi connectivity index (χ1) is 14.2. The zero-order chi connectivity index (χ0) is 20.1. The molecule has 148 valence electrons. The van der Waals surface area contributed by atoms with E-state index in [2.05, 4.69) is 35.5 Å². The SMILES string of the molecule is Cc1[nH]cnc1CSCCNc1nnc(Cc2cncc3ccccc23)c(=O)[nH]1. The predicted molar refractivity (Wildman–Crippen MR) is 115 cm³/mol. The first-order valence-corrected chi connectivity index (χ1v) is 10.4. The van der Waals surface area contributed by atoms with Crippen LogP contribution in [0.5, 0.6) is 0 Å². The first-order valence-electron chi connectivity index (χ1n) is 9.28. The van der Waals surface area contributed by atoms with Gasteiger partial charge >= 0.3 is 0 Å². The number of hydrogen-bond donors (Lipinski definition) is 3. The van der Waals surface area contributed by atoms with Crippen LogP contribution in [0.2, 0.25) is 0 Å². The minimum absolute atomic E-state index is 0.241. The molecule has 0 fully saturated rings. The Labute approximate surface area is 171 Å². The van der Waals surface area contributed by atoms with Crippen molar-refractivity contribution in [3.8, 4) is 0 Å². The van der Waals surface area contributed by atoms with Gasteiger partial charge < -0.3 is 10.3 Å². The Bertz CT molecular complexity index is 1170. The van der Waals surface area contributed by atoms with Crippen LogP contribution in [0.25, 0.3) is 10.8 Å². The average molecular weight is 408 g/mol. The van der Waals surface area contributed by atoms with E-state index < -0.39 is 0 Å². The third kappa shape index (κ3) is 4.62. The molecule has 0 atom stereocenters. The van der Waals surface area contributed by atoms with Crippen LogP contribution in [-0.2, 0) is 12.2 Å². The summed E-state index contributed by atoms with van der Waals surface area (Å²) in [5, 5.41) is 13.5. The number of nitrogens with one attached hydrogen (secondary N) is 3. The third-order valence-electron chi connectivity index (χ3n) is 4.59. The summed E-state index contributed by atoms with van der Waals surface area (Å²) in [7, 11) is 0. The Balaban J connectivity index is 1.34. The van der Waals surface area contributed by atoms with Crippen LogP contribution in [0.3, 0.4) is 0 Å². The van der Waals surface area contributed by atoms with E-state index in [-0.39, 0.29) is 5.56 Å². The highest BCUT2D eigenvalue weighted by Gasteiger charge is 2.09. The zero-order valence-corrected chi connectivity index (χ0v) is 16.8. The van der Waals surface area contributed by atoms with Gasteiger partial charge in [-0.3, -0.25) is 14.8 Å². The number of aromatic nitrogens is 6. The number of nitrogens with zero attached hydrogens (tertiary/aromatic N) is 4. The predicted octanol–water partition coefficient (Wildman–Crippen LogP) is 2.68. The van der Waals surface area contributed by atoms with E-state index in [1.54, 1.807) is 24.3 Å². The van der Waals surface area contributed by atoms with Crippen molar-refractivity contribution in [3.63, 3.8) is 0 Å². The molecule has 29 heavy (non-hydrogen) atoms. The summed E-state index contributed by atoms with van der Waals surface area (Å²) in [6.45, 7) is 2.68. The van der Waals surface area contributed by atoms with Gasteiger partial charge in [0.05, 0.1) is 12.0 Å². The number of H-pyrrole nitrogens is 2. The molecular formula is C20H21N7OS. The molecule has 0 spiro atoms. The second-order valence-corrected chi connectivity index (χ2v) is 7.70. The molecule has 0 saturated carbocycles. The van der Waals surface area contributed by atoms with Crippen LogP contribution >= 0.6 is 11.8 Å². The molecule has 0 amide bonds. The molecule has 3 aromatic heterocycles. The van der Waals surface area contributed by atoms with Crippen LogP contribution in [0, 0.1) is 6.92 Å². The highest BCUT2D eigenvalue weighted by molar-refractivity contribution is 7.98. The van der Waals surface area contributed by atoms with Crippen molar-refractivity contribution in [2.75, 3.05) is 17.6 Å². The number of anilines is 1. The summed E-state index contributed by atoms with van der Waals surface area (Å²) in [5.41, 5.74) is 3.24. The van der Waals surface area contributed by atoms with Crippen molar-refractivity contribution in [2.24, 2.45) is 0 Å². The smallest absolute Gasteiger partial charge is 0.274 e. The Hall–Kier alpha value is -3.20. The van der Waals surface area contributed by atoms with Crippen LogP contribution in [0.1, 0.15) is 22.6 Å². The van der Waals surface area contributed by atoms with Crippen molar-refractivity contribution in [3.05, 3.63) is 76.0 Å². The van der Waals surface area contributed by atoms with Crippen LogP contribution in [-0.4, -0.2) is 42.4 Å². The topological polar surface area (TPSA) is 112 Å². The number of thioether (sulfide) groups is 1. The molecule has 0 bridgehead atoms. The molecule has 0 aliphatic heterocycles. The molecule has 1 aromatic carbocycles.